The van der Waals surface area contributed by atoms with E-state index in [9.17, 15) is 9.59 Å². The minimum atomic E-state index is -0.715. The van der Waals surface area contributed by atoms with Gasteiger partial charge in [0.05, 0.1) is 35.6 Å². The largest absolute Gasteiger partial charge is 0.497 e. The molecule has 1 aliphatic rings. The maximum Gasteiger partial charge on any atom is 0.338 e. The van der Waals surface area contributed by atoms with E-state index in [0.717, 1.165) is 14.5 Å². The topological polar surface area (TPSA) is 83.0 Å². The molecule has 3 heterocycles. The zero-order valence-corrected chi connectivity index (χ0v) is 24.6. The number of allylic oxidation sites excluding steroid dienone is 1. The molecule has 0 aliphatic carbocycles. The van der Waals surface area contributed by atoms with Crippen LogP contribution in [0.3, 0.4) is 0 Å². The molecule has 0 bridgehead atoms. The molecule has 4 aromatic rings. The number of carbonyl (C=O) groups excluding carboxylic acids is 1. The van der Waals surface area contributed by atoms with Gasteiger partial charge in [0.25, 0.3) is 5.56 Å². The van der Waals surface area contributed by atoms with Gasteiger partial charge in [-0.2, -0.15) is 0 Å². The summed E-state index contributed by atoms with van der Waals surface area (Å²) in [6, 6.07) is 16.1. The fraction of sp³-hybridized carbons (Fsp3) is 0.179. The Kier molecular flexibility index (Phi) is 7.56. The molecule has 2 aromatic heterocycles. The molecule has 38 heavy (non-hydrogen) atoms. The van der Waals surface area contributed by atoms with Crippen molar-refractivity contribution >= 4 is 55.2 Å². The first-order valence-electron chi connectivity index (χ1n) is 11.7. The van der Waals surface area contributed by atoms with Gasteiger partial charge in [0.15, 0.2) is 4.80 Å². The average Bonchev–Trinajstić information content (AvgIpc) is 3.49. The van der Waals surface area contributed by atoms with Crippen molar-refractivity contribution in [1.29, 1.82) is 0 Å². The molecule has 194 valence electrons. The van der Waals surface area contributed by atoms with E-state index in [-0.39, 0.29) is 12.2 Å². The number of thiazole rings is 1. The maximum atomic E-state index is 13.8. The Hall–Kier alpha value is -3.21. The molecule has 10 heteroatoms. The number of aromatic nitrogens is 1. The van der Waals surface area contributed by atoms with Crippen LogP contribution in [0.5, 0.6) is 5.75 Å². The van der Waals surface area contributed by atoms with Gasteiger partial charge in [-0.3, -0.25) is 9.36 Å². The molecule has 0 amide bonds. The standard InChI is InChI=1S/C28H22Br2N2O5S/c1-4-36-27(34)24-15(2)31-28-32(25(24)16-6-5-7-18(12-16)35-3)26(33)23(38-28)14-19-9-11-22(37-19)20-13-17(29)8-10-21(20)30/h5-14,25H,4H2,1-3H3/b23-14+/t25-/m1/s1. The van der Waals surface area contributed by atoms with E-state index < -0.39 is 12.0 Å². The van der Waals surface area contributed by atoms with Crippen LogP contribution < -0.4 is 19.6 Å². The van der Waals surface area contributed by atoms with Gasteiger partial charge in [-0.25, -0.2) is 9.79 Å². The number of furan rings is 1. The molecule has 0 spiro atoms. The van der Waals surface area contributed by atoms with Crippen LogP contribution in [-0.4, -0.2) is 24.3 Å². The minimum absolute atomic E-state index is 0.208. The van der Waals surface area contributed by atoms with Crippen LogP contribution in [0.25, 0.3) is 17.4 Å². The Labute approximate surface area is 239 Å². The Bertz CT molecular complexity index is 1770. The van der Waals surface area contributed by atoms with Crippen LogP contribution in [0, 0.1) is 0 Å². The molecule has 0 unspecified atom stereocenters. The summed E-state index contributed by atoms with van der Waals surface area (Å²) in [6.45, 7) is 3.71. The lowest BCUT2D eigenvalue weighted by Gasteiger charge is -2.24. The minimum Gasteiger partial charge on any atom is -0.497 e. The van der Waals surface area contributed by atoms with Crippen LogP contribution >= 0.6 is 43.2 Å². The van der Waals surface area contributed by atoms with Crippen molar-refractivity contribution in [3.63, 3.8) is 0 Å². The van der Waals surface area contributed by atoms with E-state index in [1.54, 1.807) is 31.6 Å². The highest BCUT2D eigenvalue weighted by Crippen LogP contribution is 2.33. The van der Waals surface area contributed by atoms with Gasteiger partial charge >= 0.3 is 5.97 Å². The summed E-state index contributed by atoms with van der Waals surface area (Å²) >= 11 is 8.29. The molecule has 1 aliphatic heterocycles. The first-order valence-corrected chi connectivity index (χ1v) is 14.1. The van der Waals surface area contributed by atoms with Gasteiger partial charge in [-0.15, -0.1) is 0 Å². The van der Waals surface area contributed by atoms with Gasteiger partial charge in [-0.05, 0) is 61.9 Å². The van der Waals surface area contributed by atoms with Crippen molar-refractivity contribution in [3.05, 3.63) is 106 Å². The van der Waals surface area contributed by atoms with Crippen LogP contribution in [0.1, 0.15) is 31.2 Å². The van der Waals surface area contributed by atoms with E-state index in [0.29, 0.717) is 43.4 Å². The Morgan fingerprint density at radius 1 is 1.18 bits per heavy atom. The van der Waals surface area contributed by atoms with Crippen LogP contribution in [0.15, 0.2) is 89.0 Å². The van der Waals surface area contributed by atoms with E-state index in [1.807, 2.05) is 54.6 Å². The fourth-order valence-corrected chi connectivity index (χ4v) is 6.14. The summed E-state index contributed by atoms with van der Waals surface area (Å²) < 4.78 is 20.6. The number of rotatable bonds is 6. The molecular weight excluding hydrogens is 636 g/mol. The Morgan fingerprint density at radius 2 is 2.00 bits per heavy atom. The Balaban J connectivity index is 1.65. The number of hydrogen-bond donors (Lipinski definition) is 0. The number of carbonyl (C=O) groups is 1. The SMILES string of the molecule is CCOC(=O)C1=C(C)N=c2s/c(=C/c3ccc(-c4cc(Br)ccc4Br)o3)c(=O)n2[C@@H]1c1cccc(OC)c1. The van der Waals surface area contributed by atoms with Crippen molar-refractivity contribution in [2.75, 3.05) is 13.7 Å². The first kappa shape index (κ1) is 26.4. The summed E-state index contributed by atoms with van der Waals surface area (Å²) in [4.78, 5) is 31.9. The molecular formula is C28H22Br2N2O5S. The van der Waals surface area contributed by atoms with Crippen LogP contribution in [-0.2, 0) is 9.53 Å². The summed E-state index contributed by atoms with van der Waals surface area (Å²) in [5.74, 6) is 1.29. The number of benzene rings is 2. The summed E-state index contributed by atoms with van der Waals surface area (Å²) in [7, 11) is 1.57. The fourth-order valence-electron chi connectivity index (χ4n) is 4.31. The lowest BCUT2D eigenvalue weighted by atomic mass is 9.95. The van der Waals surface area contributed by atoms with Crippen molar-refractivity contribution < 1.29 is 18.7 Å². The van der Waals surface area contributed by atoms with Gasteiger partial charge in [0, 0.05) is 20.6 Å². The second-order valence-corrected chi connectivity index (χ2v) is 11.2. The normalized spacial score (nSPS) is 15.3. The predicted octanol–water partition coefficient (Wildman–Crippen LogP) is 5.59. The molecule has 0 N–H and O–H groups in total. The summed E-state index contributed by atoms with van der Waals surface area (Å²) in [6.07, 6.45) is 1.70. The molecule has 1 atom stereocenters. The van der Waals surface area contributed by atoms with Gasteiger partial charge in [0.1, 0.15) is 17.3 Å². The quantitative estimate of drug-likeness (QED) is 0.253. The number of nitrogens with zero attached hydrogens (tertiary/aromatic N) is 2. The average molecular weight is 658 g/mol. The predicted molar refractivity (Wildman–Crippen MR) is 153 cm³/mol. The molecule has 7 nitrogen and oxygen atoms in total. The van der Waals surface area contributed by atoms with E-state index in [1.165, 1.54) is 11.3 Å². The highest BCUT2D eigenvalue weighted by Gasteiger charge is 2.33. The van der Waals surface area contributed by atoms with Crippen molar-refractivity contribution in [3.8, 4) is 17.1 Å². The number of halogens is 2. The summed E-state index contributed by atoms with van der Waals surface area (Å²) in [5, 5.41) is 0. The molecule has 5 rings (SSSR count). The Morgan fingerprint density at radius 3 is 2.76 bits per heavy atom. The third-order valence-corrected chi connectivity index (χ3v) is 8.19. The number of methoxy groups -OCH3 is 1. The van der Waals surface area contributed by atoms with Crippen molar-refractivity contribution in [2.24, 2.45) is 4.99 Å². The van der Waals surface area contributed by atoms with Gasteiger partial charge < -0.3 is 13.9 Å². The first-order chi connectivity index (χ1) is 18.3. The zero-order chi connectivity index (χ0) is 27.0. The number of esters is 1. The highest BCUT2D eigenvalue weighted by molar-refractivity contribution is 9.11. The number of ether oxygens (including phenoxy) is 2. The smallest absolute Gasteiger partial charge is 0.338 e. The summed E-state index contributed by atoms with van der Waals surface area (Å²) in [5.41, 5.74) is 2.14. The van der Waals surface area contributed by atoms with E-state index >= 15 is 0 Å². The van der Waals surface area contributed by atoms with Crippen LogP contribution in [0.4, 0.5) is 0 Å². The van der Waals surface area contributed by atoms with Crippen molar-refractivity contribution in [1.82, 2.24) is 4.57 Å². The van der Waals surface area contributed by atoms with Crippen molar-refractivity contribution in [2.45, 2.75) is 19.9 Å². The lowest BCUT2D eigenvalue weighted by Crippen LogP contribution is -2.39. The molecule has 0 saturated carbocycles. The molecule has 0 radical (unpaired) electrons. The monoisotopic (exact) mass is 656 g/mol. The highest BCUT2D eigenvalue weighted by atomic mass is 79.9. The number of fused-ring (bicyclic) bond motifs is 1. The zero-order valence-electron chi connectivity index (χ0n) is 20.7. The second kappa shape index (κ2) is 10.9. The maximum absolute atomic E-state index is 13.8. The third kappa shape index (κ3) is 4.95. The van der Waals surface area contributed by atoms with E-state index in [2.05, 4.69) is 36.9 Å². The van der Waals surface area contributed by atoms with E-state index in [4.69, 9.17) is 13.9 Å². The second-order valence-electron chi connectivity index (χ2n) is 8.41. The molecule has 2 aromatic carbocycles. The van der Waals surface area contributed by atoms with Gasteiger partial charge in [0.2, 0.25) is 0 Å². The molecule has 0 fully saturated rings. The third-order valence-electron chi connectivity index (χ3n) is 6.02. The number of hydrogen-bond acceptors (Lipinski definition) is 7. The molecule has 0 saturated heterocycles. The van der Waals surface area contributed by atoms with Crippen LogP contribution in [0.2, 0.25) is 0 Å². The van der Waals surface area contributed by atoms with Gasteiger partial charge in [-0.1, -0.05) is 55.3 Å². The lowest BCUT2D eigenvalue weighted by molar-refractivity contribution is -0.139.